The topological polar surface area (TPSA) is 186 Å². The fourth-order valence-corrected chi connectivity index (χ4v) is 2.72. The Morgan fingerprint density at radius 2 is 1.83 bits per heavy atom. The number of hydrazone groups is 1. The number of benzene rings is 1. The van der Waals surface area contributed by atoms with Crippen molar-refractivity contribution in [2.24, 2.45) is 5.10 Å². The van der Waals surface area contributed by atoms with Gasteiger partial charge in [-0.25, -0.2) is 5.43 Å². The van der Waals surface area contributed by atoms with Gasteiger partial charge in [0.25, 0.3) is 5.91 Å². The van der Waals surface area contributed by atoms with E-state index in [-0.39, 0.29) is 52.6 Å². The molecular formula is C15H17N3NaO10S+. The van der Waals surface area contributed by atoms with E-state index in [1.165, 1.54) is 27.4 Å². The summed E-state index contributed by atoms with van der Waals surface area (Å²) in [5.74, 6) is -1.35. The zero-order valence-corrected chi connectivity index (χ0v) is 19.1. The normalized spacial score (nSPS) is 11.5. The average Bonchev–Trinajstić information content (AvgIpc) is 3.15. The third kappa shape index (κ3) is 5.63. The van der Waals surface area contributed by atoms with Gasteiger partial charge in [0.1, 0.15) is 22.2 Å². The van der Waals surface area contributed by atoms with Crippen LogP contribution in [-0.2, 0) is 0 Å². The number of rotatable bonds is 8. The van der Waals surface area contributed by atoms with Gasteiger partial charge in [-0.2, -0.15) is 5.10 Å². The van der Waals surface area contributed by atoms with Gasteiger partial charge in [0.15, 0.2) is 5.75 Å². The summed E-state index contributed by atoms with van der Waals surface area (Å²) in [7, 11) is -0.325. The predicted molar refractivity (Wildman–Crippen MR) is 100 cm³/mol. The third-order valence-electron chi connectivity index (χ3n) is 3.46. The number of hydrogen-bond acceptors (Lipinski definition) is 11. The quantitative estimate of drug-likeness (QED) is 0.176. The average molecular weight is 454 g/mol. The maximum atomic E-state index is 12.4. The van der Waals surface area contributed by atoms with Gasteiger partial charge in [0.05, 0.1) is 32.5 Å². The van der Waals surface area contributed by atoms with Crippen LogP contribution in [0.3, 0.4) is 0 Å². The van der Waals surface area contributed by atoms with E-state index in [2.05, 4.69) is 10.5 Å². The second kappa shape index (κ2) is 10.6. The minimum atomic E-state index is -4.03. The molecule has 0 atom stereocenters. The Hall–Kier alpha value is -2.33. The number of carbonyl (C=O) groups is 1. The van der Waals surface area contributed by atoms with Crippen molar-refractivity contribution in [2.45, 2.75) is 5.09 Å². The number of ether oxygens (including phenoxy) is 3. The molecule has 2 rings (SSSR count). The Balaban J connectivity index is 0.00000450. The van der Waals surface area contributed by atoms with E-state index < -0.39 is 38.0 Å². The van der Waals surface area contributed by atoms with Crippen LogP contribution in [0, 0.1) is 10.1 Å². The first-order chi connectivity index (χ1) is 13.6. The molecule has 0 aliphatic carbocycles. The Kier molecular flexibility index (Phi) is 9.10. The van der Waals surface area contributed by atoms with E-state index >= 15 is 0 Å². The molecule has 0 unspecified atom stereocenters. The number of nitrogens with one attached hydrogen (secondary N) is 1. The Labute approximate surface area is 193 Å². The summed E-state index contributed by atoms with van der Waals surface area (Å²) in [4.78, 5) is 23.1. The molecule has 1 aromatic heterocycles. The van der Waals surface area contributed by atoms with Crippen molar-refractivity contribution in [3.8, 4) is 17.2 Å². The molecule has 0 aliphatic heterocycles. The van der Waals surface area contributed by atoms with Gasteiger partial charge in [-0.1, -0.05) is 0 Å². The van der Waals surface area contributed by atoms with Crippen LogP contribution in [0.1, 0.15) is 16.1 Å². The molecule has 1 aromatic carbocycles. The van der Waals surface area contributed by atoms with Gasteiger partial charge in [-0.15, -0.1) is 0 Å². The second-order valence-electron chi connectivity index (χ2n) is 5.17. The van der Waals surface area contributed by atoms with Crippen molar-refractivity contribution >= 4 is 28.7 Å². The number of carbonyl (C=O) groups excluding carboxylic acids is 1. The van der Waals surface area contributed by atoms with Crippen LogP contribution >= 0.6 is 10.9 Å². The van der Waals surface area contributed by atoms with Crippen molar-refractivity contribution in [2.75, 3.05) is 21.3 Å². The molecule has 1 amide bonds. The number of nitrogens with zero attached hydrogens (tertiary/aromatic N) is 2. The molecule has 0 aliphatic rings. The van der Waals surface area contributed by atoms with Crippen molar-refractivity contribution < 1.29 is 71.6 Å². The summed E-state index contributed by atoms with van der Waals surface area (Å²) < 4.78 is 47.3. The van der Waals surface area contributed by atoms with Gasteiger partial charge in [0.2, 0.25) is 16.6 Å². The first-order valence-electron chi connectivity index (χ1n) is 7.55. The summed E-state index contributed by atoms with van der Waals surface area (Å²) in [5.41, 5.74) is 0.994. The Morgan fingerprint density at radius 1 is 1.20 bits per heavy atom. The monoisotopic (exact) mass is 454 g/mol. The van der Waals surface area contributed by atoms with Crippen molar-refractivity contribution in [1.82, 2.24) is 5.43 Å². The molecule has 0 saturated heterocycles. The largest absolute Gasteiger partial charge is 1.00 e. The molecule has 13 nitrogen and oxygen atoms in total. The number of furan rings is 1. The number of amides is 1. The van der Waals surface area contributed by atoms with Gasteiger partial charge >= 0.3 is 35.2 Å². The Morgan fingerprint density at radius 3 is 2.30 bits per heavy atom. The van der Waals surface area contributed by atoms with Gasteiger partial charge in [0, 0.05) is 6.07 Å². The molecule has 2 aromatic rings. The van der Waals surface area contributed by atoms with E-state index in [9.17, 15) is 14.9 Å². The fraction of sp³-hybridized carbons (Fsp3) is 0.200. The SMILES string of the molecule is COc1cc(C(=O)N/N=C\c2ccc(S(O)(O)O)o2)c([N+](=O)[O-])c(OC)c1OC.[Na+]. The molecule has 1 heterocycles. The molecule has 4 N–H and O–H groups in total. The van der Waals surface area contributed by atoms with Crippen LogP contribution in [0.4, 0.5) is 5.69 Å². The molecule has 30 heavy (non-hydrogen) atoms. The molecule has 0 saturated carbocycles. The smallest absolute Gasteiger partial charge is 0.493 e. The second-order valence-corrected chi connectivity index (χ2v) is 6.61. The minimum absolute atomic E-state index is 0. The standard InChI is InChI=1S/C15H17N3O10S.Na/c1-25-10-6-9(12(18(20)21)14(27-3)13(10)26-2)15(19)17-16-7-8-4-5-11(28-8)29(22,23)24;/h4-7,22-24H,1-3H3,(H,17,19);/q;+1/b16-7-;. The van der Waals surface area contributed by atoms with Gasteiger partial charge in [-0.3, -0.25) is 14.9 Å². The minimum Gasteiger partial charge on any atom is -0.493 e. The van der Waals surface area contributed by atoms with Crippen molar-refractivity contribution in [3.63, 3.8) is 0 Å². The summed E-state index contributed by atoms with van der Waals surface area (Å²) in [6.45, 7) is 0. The van der Waals surface area contributed by atoms with E-state index in [1.807, 2.05) is 0 Å². The van der Waals surface area contributed by atoms with E-state index in [4.69, 9.17) is 32.3 Å². The fourth-order valence-electron chi connectivity index (χ4n) is 2.26. The maximum absolute atomic E-state index is 12.4. The molecule has 0 bridgehead atoms. The first-order valence-corrected chi connectivity index (χ1v) is 9.05. The van der Waals surface area contributed by atoms with Crippen LogP contribution in [-0.4, -0.2) is 52.0 Å². The number of hydrogen-bond donors (Lipinski definition) is 4. The molecule has 0 spiro atoms. The van der Waals surface area contributed by atoms with Crippen LogP contribution < -0.4 is 49.2 Å². The Bertz CT molecular complexity index is 957. The zero-order chi connectivity index (χ0) is 21.8. The molecule has 0 fully saturated rings. The summed E-state index contributed by atoms with van der Waals surface area (Å²) in [6.07, 6.45) is 0.983. The summed E-state index contributed by atoms with van der Waals surface area (Å²) in [5, 5.41) is 14.6. The van der Waals surface area contributed by atoms with Crippen LogP contribution in [0.15, 0.2) is 32.8 Å². The third-order valence-corrected chi connectivity index (χ3v) is 4.22. The number of nitro benzene ring substituents is 1. The predicted octanol–water partition coefficient (Wildman–Crippen LogP) is -0.436. The number of nitro groups is 1. The van der Waals surface area contributed by atoms with Crippen molar-refractivity contribution in [1.29, 1.82) is 0 Å². The summed E-state index contributed by atoms with van der Waals surface area (Å²) in [6, 6.07) is 3.44. The maximum Gasteiger partial charge on any atom is 1.00 e. The molecule has 158 valence electrons. The van der Waals surface area contributed by atoms with Gasteiger partial charge < -0.3 is 32.3 Å². The molecule has 0 radical (unpaired) electrons. The zero-order valence-electron chi connectivity index (χ0n) is 16.3. The first kappa shape index (κ1) is 25.7. The van der Waals surface area contributed by atoms with Crippen LogP contribution in [0.2, 0.25) is 0 Å². The van der Waals surface area contributed by atoms with E-state index in [0.717, 1.165) is 18.3 Å². The number of methoxy groups -OCH3 is 3. The van der Waals surface area contributed by atoms with Crippen LogP contribution in [0.5, 0.6) is 17.2 Å². The molecule has 15 heteroatoms. The van der Waals surface area contributed by atoms with Crippen LogP contribution in [0.25, 0.3) is 0 Å². The summed E-state index contributed by atoms with van der Waals surface area (Å²) >= 11 is 0. The van der Waals surface area contributed by atoms with Gasteiger partial charge in [-0.05, 0) is 12.1 Å². The van der Waals surface area contributed by atoms with E-state index in [0.29, 0.717) is 0 Å². The van der Waals surface area contributed by atoms with Crippen molar-refractivity contribution in [3.05, 3.63) is 39.6 Å². The molecular weight excluding hydrogens is 437 g/mol. The van der Waals surface area contributed by atoms with E-state index in [1.54, 1.807) is 0 Å².